The summed E-state index contributed by atoms with van der Waals surface area (Å²) in [5, 5.41) is 9.54. The van der Waals surface area contributed by atoms with Gasteiger partial charge in [0, 0.05) is 17.1 Å². The second-order valence-electron chi connectivity index (χ2n) is 4.90. The van der Waals surface area contributed by atoms with E-state index in [2.05, 4.69) is 4.98 Å². The van der Waals surface area contributed by atoms with Crippen molar-refractivity contribution in [3.05, 3.63) is 71.9 Å². The Bertz CT molecular complexity index is 849. The van der Waals surface area contributed by atoms with E-state index in [9.17, 15) is 9.90 Å². The number of hydrogen-bond acceptors (Lipinski definition) is 3. The number of para-hydroxylation sites is 1. The summed E-state index contributed by atoms with van der Waals surface area (Å²) < 4.78 is 0. The normalized spacial score (nSPS) is 13.7. The molecule has 0 spiro atoms. The number of benzene rings is 2. The lowest BCUT2D eigenvalue weighted by molar-refractivity contribution is -0.113. The first-order valence-electron chi connectivity index (χ1n) is 6.55. The molecule has 0 fully saturated rings. The summed E-state index contributed by atoms with van der Waals surface area (Å²) in [6.07, 6.45) is 1.54. The number of hydrogen-bond donors (Lipinski definition) is 1. The van der Waals surface area contributed by atoms with Gasteiger partial charge in [-0.25, -0.2) is 0 Å². The first-order chi connectivity index (χ1) is 10.5. The highest BCUT2D eigenvalue weighted by Gasteiger charge is 2.39. The minimum Gasteiger partial charge on any atom is -0.508 e. The van der Waals surface area contributed by atoms with Crippen LogP contribution in [-0.4, -0.2) is 15.3 Å². The minimum absolute atomic E-state index is 0.0847. The Balaban J connectivity index is 2.20. The zero-order valence-electron chi connectivity index (χ0n) is 11.3. The summed E-state index contributed by atoms with van der Waals surface area (Å²) in [5.41, 5.74) is 1.76. The van der Waals surface area contributed by atoms with Crippen molar-refractivity contribution in [2.24, 2.45) is 0 Å². The lowest BCUT2D eigenvalue weighted by Gasteiger charge is -2.24. The molecular weight excluding hydrogens is 321 g/mol. The first kappa shape index (κ1) is 14.8. The first-order valence-corrected chi connectivity index (χ1v) is 7.31. The topological polar surface area (TPSA) is 50.2 Å². The number of aromatic nitrogens is 1. The van der Waals surface area contributed by atoms with Crippen molar-refractivity contribution in [2.75, 3.05) is 0 Å². The van der Waals surface area contributed by atoms with Crippen LogP contribution >= 0.6 is 23.2 Å². The Morgan fingerprint density at radius 1 is 1.05 bits per heavy atom. The van der Waals surface area contributed by atoms with Crippen LogP contribution in [0.15, 0.2) is 60.8 Å². The van der Waals surface area contributed by atoms with Gasteiger partial charge in [0.1, 0.15) is 5.75 Å². The van der Waals surface area contributed by atoms with E-state index in [1.807, 2.05) is 24.3 Å². The number of phenols is 1. The quantitative estimate of drug-likeness (QED) is 0.578. The van der Waals surface area contributed by atoms with Gasteiger partial charge in [0.25, 0.3) is 5.24 Å². The molecule has 5 heteroatoms. The SMILES string of the molecule is O=C(Cl)C(Cl)(c1ccc(O)cc1)c1cnc2ccccc2c1. The van der Waals surface area contributed by atoms with E-state index >= 15 is 0 Å². The molecule has 3 rings (SSSR count). The summed E-state index contributed by atoms with van der Waals surface area (Å²) in [7, 11) is 0. The van der Waals surface area contributed by atoms with Crippen molar-refractivity contribution in [2.45, 2.75) is 4.87 Å². The Hall–Kier alpha value is -2.10. The molecule has 0 aliphatic heterocycles. The van der Waals surface area contributed by atoms with Crippen LogP contribution in [0.4, 0.5) is 0 Å². The number of fused-ring (bicyclic) bond motifs is 1. The summed E-state index contributed by atoms with van der Waals surface area (Å²) in [6, 6.07) is 15.4. The lowest BCUT2D eigenvalue weighted by Crippen LogP contribution is -2.27. The summed E-state index contributed by atoms with van der Waals surface area (Å²) >= 11 is 12.4. The van der Waals surface area contributed by atoms with Gasteiger partial charge in [-0.2, -0.15) is 0 Å². The van der Waals surface area contributed by atoms with E-state index in [4.69, 9.17) is 23.2 Å². The van der Waals surface area contributed by atoms with Crippen LogP contribution in [0.25, 0.3) is 10.9 Å². The number of carbonyl (C=O) groups excluding carboxylic acids is 1. The molecule has 0 saturated heterocycles. The van der Waals surface area contributed by atoms with E-state index in [1.165, 1.54) is 12.1 Å². The summed E-state index contributed by atoms with van der Waals surface area (Å²) in [6.45, 7) is 0. The van der Waals surface area contributed by atoms with E-state index in [-0.39, 0.29) is 5.75 Å². The highest BCUT2D eigenvalue weighted by atomic mass is 35.5. The average molecular weight is 332 g/mol. The fourth-order valence-electron chi connectivity index (χ4n) is 2.34. The van der Waals surface area contributed by atoms with Gasteiger partial charge in [-0.15, -0.1) is 0 Å². The molecule has 0 saturated carbocycles. The molecule has 3 aromatic rings. The number of nitrogens with zero attached hydrogens (tertiary/aromatic N) is 1. The second kappa shape index (κ2) is 5.59. The Labute approximate surface area is 137 Å². The lowest BCUT2D eigenvalue weighted by atomic mass is 9.91. The number of aromatic hydroxyl groups is 1. The third-order valence-electron chi connectivity index (χ3n) is 3.52. The van der Waals surface area contributed by atoms with E-state index in [1.54, 1.807) is 24.4 Å². The maximum atomic E-state index is 12.0. The highest BCUT2D eigenvalue weighted by molar-refractivity contribution is 6.71. The monoisotopic (exact) mass is 331 g/mol. The van der Waals surface area contributed by atoms with Crippen molar-refractivity contribution in [3.8, 4) is 5.75 Å². The molecule has 1 unspecified atom stereocenters. The summed E-state index contributed by atoms with van der Waals surface area (Å²) in [4.78, 5) is 14.8. The third kappa shape index (κ3) is 2.43. The third-order valence-corrected chi connectivity index (χ3v) is 4.51. The molecule has 0 radical (unpaired) electrons. The molecule has 0 bridgehead atoms. The van der Waals surface area contributed by atoms with Gasteiger partial charge in [-0.1, -0.05) is 41.9 Å². The molecule has 110 valence electrons. The molecule has 2 aromatic carbocycles. The van der Waals surface area contributed by atoms with Gasteiger partial charge < -0.3 is 5.11 Å². The van der Waals surface area contributed by atoms with Crippen LogP contribution in [0.1, 0.15) is 11.1 Å². The smallest absolute Gasteiger partial charge is 0.251 e. The molecule has 1 aromatic heterocycles. The van der Waals surface area contributed by atoms with Crippen molar-refractivity contribution in [1.82, 2.24) is 4.98 Å². The number of halogens is 2. The van der Waals surface area contributed by atoms with Crippen LogP contribution in [0.2, 0.25) is 0 Å². The predicted octanol–water partition coefficient (Wildman–Crippen LogP) is 4.19. The van der Waals surface area contributed by atoms with E-state index < -0.39 is 10.1 Å². The molecule has 0 amide bonds. The largest absolute Gasteiger partial charge is 0.508 e. The van der Waals surface area contributed by atoms with Crippen molar-refractivity contribution >= 4 is 39.3 Å². The van der Waals surface area contributed by atoms with Crippen molar-refractivity contribution < 1.29 is 9.90 Å². The van der Waals surface area contributed by atoms with Crippen molar-refractivity contribution in [3.63, 3.8) is 0 Å². The van der Waals surface area contributed by atoms with E-state index in [0.717, 1.165) is 10.9 Å². The van der Waals surface area contributed by atoms with Gasteiger partial charge in [0.15, 0.2) is 4.87 Å². The van der Waals surface area contributed by atoms with Gasteiger partial charge in [0.2, 0.25) is 0 Å². The second-order valence-corrected chi connectivity index (χ2v) is 5.81. The van der Waals surface area contributed by atoms with Crippen LogP contribution < -0.4 is 0 Å². The zero-order chi connectivity index (χ0) is 15.7. The van der Waals surface area contributed by atoms with Gasteiger partial charge in [-0.3, -0.25) is 9.78 Å². The Kier molecular flexibility index (Phi) is 3.77. The zero-order valence-corrected chi connectivity index (χ0v) is 12.8. The number of alkyl halides is 1. The molecule has 0 aliphatic carbocycles. The molecular formula is C17H11Cl2NO2. The average Bonchev–Trinajstić information content (AvgIpc) is 2.54. The number of pyridine rings is 1. The highest BCUT2D eigenvalue weighted by Crippen LogP contribution is 2.40. The van der Waals surface area contributed by atoms with Gasteiger partial charge in [-0.05, 0) is 41.4 Å². The molecule has 3 nitrogen and oxygen atoms in total. The molecule has 0 aliphatic rings. The Morgan fingerprint density at radius 2 is 1.73 bits per heavy atom. The van der Waals surface area contributed by atoms with Crippen LogP contribution in [0.5, 0.6) is 5.75 Å². The number of phenolic OH excluding ortho intramolecular Hbond substituents is 1. The molecule has 1 heterocycles. The predicted molar refractivity (Wildman–Crippen MR) is 87.3 cm³/mol. The molecule has 22 heavy (non-hydrogen) atoms. The number of carbonyl (C=O) groups is 1. The van der Waals surface area contributed by atoms with Crippen LogP contribution in [0.3, 0.4) is 0 Å². The van der Waals surface area contributed by atoms with Gasteiger partial charge >= 0.3 is 0 Å². The Morgan fingerprint density at radius 3 is 2.41 bits per heavy atom. The standard InChI is InChI=1S/C17H11Cl2NO2/c18-16(22)17(19,12-5-7-14(21)8-6-12)13-9-11-3-1-2-4-15(11)20-10-13/h1-10,21H. The molecule has 1 N–H and O–H groups in total. The molecule has 1 atom stereocenters. The van der Waals surface area contributed by atoms with Crippen molar-refractivity contribution in [1.29, 1.82) is 0 Å². The fraction of sp³-hybridized carbons (Fsp3) is 0.0588. The van der Waals surface area contributed by atoms with E-state index in [0.29, 0.717) is 11.1 Å². The fourth-order valence-corrected chi connectivity index (χ4v) is 2.79. The number of rotatable bonds is 3. The minimum atomic E-state index is -1.55. The van der Waals surface area contributed by atoms with Crippen LogP contribution in [-0.2, 0) is 9.67 Å². The maximum absolute atomic E-state index is 12.0. The maximum Gasteiger partial charge on any atom is 0.251 e. The summed E-state index contributed by atoms with van der Waals surface area (Å²) in [5.74, 6) is 0.0847. The van der Waals surface area contributed by atoms with Crippen LogP contribution in [0, 0.1) is 0 Å². The van der Waals surface area contributed by atoms with Gasteiger partial charge in [0.05, 0.1) is 5.52 Å².